The summed E-state index contributed by atoms with van der Waals surface area (Å²) in [4.78, 5) is 7.21. The number of hydrogen-bond donors (Lipinski definition) is 0. The number of hydrogen-bond acceptors (Lipinski definition) is 3. The van der Waals surface area contributed by atoms with Gasteiger partial charge in [0.1, 0.15) is 17.1 Å². The second-order valence-corrected chi connectivity index (χ2v) is 5.49. The monoisotopic (exact) mass is 273 g/mol. The Bertz CT molecular complexity index is 578. The summed E-state index contributed by atoms with van der Waals surface area (Å²) in [7, 11) is 1.71. The van der Waals surface area contributed by atoms with E-state index >= 15 is 0 Å². The van der Waals surface area contributed by atoms with E-state index in [0.29, 0.717) is 6.04 Å². The van der Waals surface area contributed by atoms with Crippen LogP contribution in [0.5, 0.6) is 5.75 Å². The van der Waals surface area contributed by atoms with Gasteiger partial charge in [-0.05, 0) is 38.1 Å². The molecule has 0 radical (unpaired) electrons. The van der Waals surface area contributed by atoms with Crippen LogP contribution in [0, 0.1) is 0 Å². The Morgan fingerprint density at radius 2 is 2.30 bits per heavy atom. The van der Waals surface area contributed by atoms with Crippen molar-refractivity contribution in [2.45, 2.75) is 38.6 Å². The zero-order valence-corrected chi connectivity index (χ0v) is 12.4. The molecule has 4 nitrogen and oxygen atoms in total. The number of ether oxygens (including phenoxy) is 1. The topological polar surface area (TPSA) is 29.8 Å². The number of likely N-dealkylation sites (N-methyl/N-ethyl adjacent to an activating group) is 1. The Balaban J connectivity index is 1.87. The van der Waals surface area contributed by atoms with Crippen molar-refractivity contribution in [2.75, 3.05) is 20.2 Å². The molecule has 2 aromatic rings. The van der Waals surface area contributed by atoms with Crippen molar-refractivity contribution < 1.29 is 4.74 Å². The summed E-state index contributed by atoms with van der Waals surface area (Å²) in [5.74, 6) is 2.03. The maximum Gasteiger partial charge on any atom is 0.144 e. The quantitative estimate of drug-likeness (QED) is 0.858. The zero-order valence-electron chi connectivity index (χ0n) is 12.4. The molecule has 108 valence electrons. The van der Waals surface area contributed by atoms with Crippen LogP contribution in [0.15, 0.2) is 24.5 Å². The minimum Gasteiger partial charge on any atom is -0.494 e. The molecule has 0 N–H and O–H groups in total. The van der Waals surface area contributed by atoms with E-state index in [1.165, 1.54) is 25.8 Å². The highest BCUT2D eigenvalue weighted by Gasteiger charge is 2.22. The summed E-state index contributed by atoms with van der Waals surface area (Å²) in [6.45, 7) is 4.62. The van der Waals surface area contributed by atoms with Crippen LogP contribution >= 0.6 is 0 Å². The standard InChI is InChI=1S/C16H23N3O/c1-3-18-9-5-4-7-13(18)11-16-17-12-14-15(20-2)8-6-10-19(14)16/h6,8,10,12-13H,3-5,7,9,11H2,1-2H3. The number of imidazole rings is 1. The van der Waals surface area contributed by atoms with E-state index in [4.69, 9.17) is 4.74 Å². The van der Waals surface area contributed by atoms with Crippen molar-refractivity contribution >= 4 is 5.52 Å². The summed E-state index contributed by atoms with van der Waals surface area (Å²) in [5, 5.41) is 0. The molecule has 0 saturated carbocycles. The third kappa shape index (κ3) is 2.40. The van der Waals surface area contributed by atoms with Gasteiger partial charge in [-0.1, -0.05) is 13.3 Å². The number of methoxy groups -OCH3 is 1. The van der Waals surface area contributed by atoms with E-state index < -0.39 is 0 Å². The van der Waals surface area contributed by atoms with Crippen molar-refractivity contribution in [3.05, 3.63) is 30.4 Å². The predicted molar refractivity (Wildman–Crippen MR) is 80.3 cm³/mol. The Morgan fingerprint density at radius 3 is 3.10 bits per heavy atom. The molecule has 0 amide bonds. The first-order chi connectivity index (χ1) is 9.83. The van der Waals surface area contributed by atoms with E-state index in [9.17, 15) is 0 Å². The normalized spacial score (nSPS) is 20.4. The fourth-order valence-corrected chi connectivity index (χ4v) is 3.29. The van der Waals surface area contributed by atoms with Crippen LogP contribution in [-0.2, 0) is 6.42 Å². The lowest BCUT2D eigenvalue weighted by atomic mass is 9.99. The highest BCUT2D eigenvalue weighted by Crippen LogP contribution is 2.23. The molecule has 3 rings (SSSR count). The van der Waals surface area contributed by atoms with Gasteiger partial charge in [0.25, 0.3) is 0 Å². The largest absolute Gasteiger partial charge is 0.494 e. The van der Waals surface area contributed by atoms with Gasteiger partial charge < -0.3 is 14.0 Å². The summed E-state index contributed by atoms with van der Waals surface area (Å²) < 4.78 is 7.57. The van der Waals surface area contributed by atoms with Crippen LogP contribution in [0.2, 0.25) is 0 Å². The molecule has 4 heteroatoms. The summed E-state index contributed by atoms with van der Waals surface area (Å²) >= 11 is 0. The van der Waals surface area contributed by atoms with Crippen molar-refractivity contribution in [3.63, 3.8) is 0 Å². The van der Waals surface area contributed by atoms with E-state index in [-0.39, 0.29) is 0 Å². The number of aromatic nitrogens is 2. The van der Waals surface area contributed by atoms with Gasteiger partial charge in [0.15, 0.2) is 0 Å². The highest BCUT2D eigenvalue weighted by atomic mass is 16.5. The van der Waals surface area contributed by atoms with Crippen LogP contribution in [0.4, 0.5) is 0 Å². The van der Waals surface area contributed by atoms with Crippen molar-refractivity contribution in [1.29, 1.82) is 0 Å². The first kappa shape index (κ1) is 13.4. The molecule has 2 aromatic heterocycles. The van der Waals surface area contributed by atoms with Crippen LogP contribution in [0.1, 0.15) is 32.0 Å². The molecule has 3 heterocycles. The highest BCUT2D eigenvalue weighted by molar-refractivity contribution is 5.59. The molecule has 20 heavy (non-hydrogen) atoms. The molecule has 0 spiro atoms. The van der Waals surface area contributed by atoms with Crippen LogP contribution < -0.4 is 4.74 Å². The van der Waals surface area contributed by atoms with E-state index in [1.54, 1.807) is 7.11 Å². The minimum atomic E-state index is 0.630. The van der Waals surface area contributed by atoms with Crippen LogP contribution in [-0.4, -0.2) is 40.5 Å². The van der Waals surface area contributed by atoms with E-state index in [0.717, 1.165) is 30.1 Å². The third-order valence-corrected chi connectivity index (χ3v) is 4.40. The zero-order chi connectivity index (χ0) is 13.9. The lowest BCUT2D eigenvalue weighted by Gasteiger charge is -2.34. The summed E-state index contributed by atoms with van der Waals surface area (Å²) in [6.07, 6.45) is 8.99. The molecular formula is C16H23N3O. The minimum absolute atomic E-state index is 0.630. The van der Waals surface area contributed by atoms with Crippen molar-refractivity contribution in [2.24, 2.45) is 0 Å². The smallest absolute Gasteiger partial charge is 0.144 e. The Hall–Kier alpha value is -1.55. The molecule has 0 aromatic carbocycles. The van der Waals surface area contributed by atoms with Gasteiger partial charge in [0, 0.05) is 18.7 Å². The summed E-state index contributed by atoms with van der Waals surface area (Å²) in [5.41, 5.74) is 1.06. The average molecular weight is 273 g/mol. The number of rotatable bonds is 4. The number of fused-ring (bicyclic) bond motifs is 1. The lowest BCUT2D eigenvalue weighted by Crippen LogP contribution is -2.40. The number of nitrogens with zero attached hydrogens (tertiary/aromatic N) is 3. The van der Waals surface area contributed by atoms with Gasteiger partial charge in [-0.15, -0.1) is 0 Å². The molecule has 1 saturated heterocycles. The van der Waals surface area contributed by atoms with Gasteiger partial charge in [0.05, 0.1) is 13.3 Å². The third-order valence-electron chi connectivity index (χ3n) is 4.40. The van der Waals surface area contributed by atoms with Crippen LogP contribution in [0.25, 0.3) is 5.52 Å². The molecule has 1 unspecified atom stereocenters. The Labute approximate surface area is 120 Å². The number of likely N-dealkylation sites (tertiary alicyclic amines) is 1. The number of pyridine rings is 1. The second kappa shape index (κ2) is 5.83. The fraction of sp³-hybridized carbons (Fsp3) is 0.562. The van der Waals surface area contributed by atoms with E-state index in [1.807, 2.05) is 18.3 Å². The molecule has 1 aliphatic rings. The van der Waals surface area contributed by atoms with Gasteiger partial charge >= 0.3 is 0 Å². The predicted octanol–water partition coefficient (Wildman–Crippen LogP) is 2.76. The molecule has 1 aliphatic heterocycles. The molecule has 0 aliphatic carbocycles. The van der Waals surface area contributed by atoms with Crippen molar-refractivity contribution in [3.8, 4) is 5.75 Å². The van der Waals surface area contributed by atoms with Crippen molar-refractivity contribution in [1.82, 2.24) is 14.3 Å². The first-order valence-electron chi connectivity index (χ1n) is 7.56. The molecule has 0 bridgehead atoms. The van der Waals surface area contributed by atoms with Gasteiger partial charge in [-0.25, -0.2) is 4.98 Å². The Kier molecular flexibility index (Phi) is 3.92. The molecule has 1 fully saturated rings. The fourth-order valence-electron chi connectivity index (χ4n) is 3.29. The Morgan fingerprint density at radius 1 is 1.40 bits per heavy atom. The van der Waals surface area contributed by atoms with Gasteiger partial charge in [-0.3, -0.25) is 0 Å². The lowest BCUT2D eigenvalue weighted by molar-refractivity contribution is 0.153. The molecule has 1 atom stereocenters. The van der Waals surface area contributed by atoms with E-state index in [2.05, 4.69) is 27.4 Å². The summed E-state index contributed by atoms with van der Waals surface area (Å²) in [6, 6.07) is 4.64. The number of piperidine rings is 1. The van der Waals surface area contributed by atoms with Gasteiger partial charge in [0.2, 0.25) is 0 Å². The second-order valence-electron chi connectivity index (χ2n) is 5.49. The average Bonchev–Trinajstić information content (AvgIpc) is 2.91. The maximum atomic E-state index is 5.40. The molecular weight excluding hydrogens is 250 g/mol. The maximum absolute atomic E-state index is 5.40. The first-order valence-corrected chi connectivity index (χ1v) is 7.56. The SMILES string of the molecule is CCN1CCCCC1Cc1ncc2c(OC)cccn12. The van der Waals surface area contributed by atoms with Gasteiger partial charge in [-0.2, -0.15) is 0 Å². The van der Waals surface area contributed by atoms with Crippen LogP contribution in [0.3, 0.4) is 0 Å².